The number of aromatic amines is 1. The molecule has 2 aromatic rings. The molecule has 0 unspecified atom stereocenters. The summed E-state index contributed by atoms with van der Waals surface area (Å²) in [4.78, 5) is 23.1. The van der Waals surface area contributed by atoms with Crippen LogP contribution in [0.15, 0.2) is 35.3 Å². The van der Waals surface area contributed by atoms with Crippen molar-refractivity contribution in [2.45, 2.75) is 6.92 Å². The Kier molecular flexibility index (Phi) is 3.18. The van der Waals surface area contributed by atoms with Gasteiger partial charge in [0.2, 0.25) is 0 Å². The Hall–Kier alpha value is -2.50. The van der Waals surface area contributed by atoms with Crippen molar-refractivity contribution in [3.8, 4) is 5.69 Å². The van der Waals surface area contributed by atoms with E-state index in [0.717, 1.165) is 0 Å². The lowest BCUT2D eigenvalue weighted by atomic mass is 10.3. The van der Waals surface area contributed by atoms with Crippen LogP contribution in [0, 0.1) is 0 Å². The van der Waals surface area contributed by atoms with Gasteiger partial charge in [-0.15, -0.1) is 0 Å². The normalized spacial score (nSPS) is 10.3. The number of carbonyl (C=O) groups excluding carboxylic acids is 1. The van der Waals surface area contributed by atoms with Crippen LogP contribution in [-0.4, -0.2) is 22.4 Å². The number of benzene rings is 1. The maximum absolute atomic E-state index is 11.6. The van der Waals surface area contributed by atoms with E-state index >= 15 is 0 Å². The van der Waals surface area contributed by atoms with Crippen molar-refractivity contribution in [2.24, 2.45) is 0 Å². The molecule has 0 amide bonds. The number of nitrogen functional groups attached to an aromatic ring is 1. The maximum atomic E-state index is 11.6. The monoisotopic (exact) mass is 247 g/mol. The zero-order valence-electron chi connectivity index (χ0n) is 9.84. The average molecular weight is 247 g/mol. The zero-order chi connectivity index (χ0) is 13.1. The summed E-state index contributed by atoms with van der Waals surface area (Å²) in [6.07, 6.45) is 1.40. The Bertz CT molecular complexity index is 627. The van der Waals surface area contributed by atoms with Crippen LogP contribution >= 0.6 is 0 Å². The van der Waals surface area contributed by atoms with Gasteiger partial charge in [-0.05, 0) is 25.1 Å². The minimum Gasteiger partial charge on any atom is -0.462 e. The number of anilines is 1. The summed E-state index contributed by atoms with van der Waals surface area (Å²) in [6.45, 7) is 1.91. The molecular weight excluding hydrogens is 234 g/mol. The second-order valence-corrected chi connectivity index (χ2v) is 3.67. The van der Waals surface area contributed by atoms with E-state index < -0.39 is 11.5 Å². The van der Waals surface area contributed by atoms with Gasteiger partial charge < -0.3 is 10.5 Å². The van der Waals surface area contributed by atoms with Gasteiger partial charge in [0.1, 0.15) is 5.56 Å². The van der Waals surface area contributed by atoms with Crippen LogP contribution in [0.5, 0.6) is 0 Å². The van der Waals surface area contributed by atoms with Crippen molar-refractivity contribution in [1.29, 1.82) is 0 Å². The third kappa shape index (κ3) is 2.27. The average Bonchev–Trinajstić information content (AvgIpc) is 2.72. The van der Waals surface area contributed by atoms with Gasteiger partial charge in [-0.25, -0.2) is 4.79 Å². The van der Waals surface area contributed by atoms with Gasteiger partial charge in [-0.3, -0.25) is 14.6 Å². The molecule has 0 aliphatic rings. The van der Waals surface area contributed by atoms with Crippen LogP contribution < -0.4 is 11.3 Å². The fraction of sp³-hybridized carbons (Fsp3) is 0.167. The lowest BCUT2D eigenvalue weighted by Gasteiger charge is -2.02. The molecule has 3 N–H and O–H groups in total. The Morgan fingerprint density at radius 3 is 2.94 bits per heavy atom. The highest BCUT2D eigenvalue weighted by atomic mass is 16.5. The molecule has 6 nitrogen and oxygen atoms in total. The molecule has 0 bridgehead atoms. The lowest BCUT2D eigenvalue weighted by Crippen LogP contribution is -2.14. The Labute approximate surface area is 103 Å². The largest absolute Gasteiger partial charge is 0.462 e. The molecule has 0 radical (unpaired) electrons. The van der Waals surface area contributed by atoms with E-state index in [4.69, 9.17) is 10.5 Å². The highest BCUT2D eigenvalue weighted by Crippen LogP contribution is 2.10. The molecule has 1 aromatic carbocycles. The number of nitrogens with one attached hydrogen (secondary N) is 1. The van der Waals surface area contributed by atoms with Gasteiger partial charge in [0, 0.05) is 11.9 Å². The van der Waals surface area contributed by atoms with E-state index in [1.807, 2.05) is 0 Å². The predicted molar refractivity (Wildman–Crippen MR) is 66.8 cm³/mol. The maximum Gasteiger partial charge on any atom is 0.345 e. The molecule has 1 heterocycles. The van der Waals surface area contributed by atoms with Gasteiger partial charge in [0.15, 0.2) is 0 Å². The molecular formula is C12H13N3O3. The lowest BCUT2D eigenvalue weighted by molar-refractivity contribution is 0.0525. The highest BCUT2D eigenvalue weighted by Gasteiger charge is 2.14. The topological polar surface area (TPSA) is 90.1 Å². The fourth-order valence-corrected chi connectivity index (χ4v) is 1.56. The molecule has 0 saturated heterocycles. The first-order valence-electron chi connectivity index (χ1n) is 5.46. The summed E-state index contributed by atoms with van der Waals surface area (Å²) in [5.41, 5.74) is 6.37. The van der Waals surface area contributed by atoms with E-state index in [1.54, 1.807) is 31.2 Å². The van der Waals surface area contributed by atoms with Crippen molar-refractivity contribution >= 4 is 11.7 Å². The number of nitrogens with two attached hydrogens (primary N) is 1. The minimum atomic E-state index is -0.638. The minimum absolute atomic E-state index is 0.0284. The number of aromatic nitrogens is 2. The quantitative estimate of drug-likeness (QED) is 0.623. The smallest absolute Gasteiger partial charge is 0.345 e. The number of carbonyl (C=O) groups is 1. The number of ether oxygens (including phenoxy) is 1. The zero-order valence-corrected chi connectivity index (χ0v) is 9.84. The number of hydrogen-bond donors (Lipinski definition) is 2. The predicted octanol–water partition coefficient (Wildman–Crippen LogP) is 0.924. The first kappa shape index (κ1) is 12.0. The number of nitrogens with zero attached hydrogens (tertiary/aromatic N) is 1. The molecule has 18 heavy (non-hydrogen) atoms. The standard InChI is InChI=1S/C12H13N3O3/c1-2-18-12(17)10-7-15(14-11(10)16)9-5-3-4-8(13)6-9/h3-7H,2,13H2,1H3,(H,14,16). The molecule has 0 spiro atoms. The Balaban J connectivity index is 2.40. The Morgan fingerprint density at radius 2 is 2.28 bits per heavy atom. The summed E-state index contributed by atoms with van der Waals surface area (Å²) in [6, 6.07) is 6.94. The molecule has 0 aliphatic carbocycles. The van der Waals surface area contributed by atoms with Crippen LogP contribution in [-0.2, 0) is 4.74 Å². The van der Waals surface area contributed by atoms with Crippen molar-refractivity contribution in [3.05, 3.63) is 46.4 Å². The van der Waals surface area contributed by atoms with Gasteiger partial charge in [-0.1, -0.05) is 6.07 Å². The molecule has 0 aliphatic heterocycles. The molecule has 6 heteroatoms. The number of rotatable bonds is 3. The first-order chi connectivity index (χ1) is 8.61. The molecule has 2 rings (SSSR count). The van der Waals surface area contributed by atoms with Gasteiger partial charge in [0.25, 0.3) is 5.56 Å². The molecule has 0 saturated carbocycles. The SMILES string of the molecule is CCOC(=O)c1cn(-c2cccc(N)c2)[nH]c1=O. The second-order valence-electron chi connectivity index (χ2n) is 3.67. The first-order valence-corrected chi connectivity index (χ1v) is 5.46. The summed E-state index contributed by atoms with van der Waals surface area (Å²) < 4.78 is 6.22. The molecule has 0 atom stereocenters. The van der Waals surface area contributed by atoms with E-state index in [2.05, 4.69) is 5.10 Å². The summed E-state index contributed by atoms with van der Waals surface area (Å²) >= 11 is 0. The summed E-state index contributed by atoms with van der Waals surface area (Å²) in [5, 5.41) is 2.53. The van der Waals surface area contributed by atoms with Crippen LogP contribution in [0.1, 0.15) is 17.3 Å². The van der Waals surface area contributed by atoms with E-state index in [0.29, 0.717) is 11.4 Å². The Morgan fingerprint density at radius 1 is 1.50 bits per heavy atom. The number of esters is 1. The van der Waals surface area contributed by atoms with Crippen LogP contribution in [0.2, 0.25) is 0 Å². The molecule has 94 valence electrons. The summed E-state index contributed by atoms with van der Waals surface area (Å²) in [7, 11) is 0. The number of hydrogen-bond acceptors (Lipinski definition) is 4. The van der Waals surface area contributed by atoms with Gasteiger partial charge in [0.05, 0.1) is 12.3 Å². The number of H-pyrrole nitrogens is 1. The highest BCUT2D eigenvalue weighted by molar-refractivity contribution is 5.88. The molecule has 0 fully saturated rings. The third-order valence-electron chi connectivity index (χ3n) is 2.37. The molecule has 1 aromatic heterocycles. The third-order valence-corrected chi connectivity index (χ3v) is 2.37. The van der Waals surface area contributed by atoms with E-state index in [1.165, 1.54) is 10.9 Å². The van der Waals surface area contributed by atoms with E-state index in [-0.39, 0.29) is 12.2 Å². The van der Waals surface area contributed by atoms with Crippen molar-refractivity contribution in [1.82, 2.24) is 9.78 Å². The van der Waals surface area contributed by atoms with Crippen molar-refractivity contribution in [2.75, 3.05) is 12.3 Å². The van der Waals surface area contributed by atoms with Crippen molar-refractivity contribution in [3.63, 3.8) is 0 Å². The second kappa shape index (κ2) is 4.79. The summed E-state index contributed by atoms with van der Waals surface area (Å²) in [5.74, 6) is -0.638. The van der Waals surface area contributed by atoms with Crippen LogP contribution in [0.3, 0.4) is 0 Å². The van der Waals surface area contributed by atoms with Crippen LogP contribution in [0.25, 0.3) is 5.69 Å². The van der Waals surface area contributed by atoms with Gasteiger partial charge in [-0.2, -0.15) is 0 Å². The van der Waals surface area contributed by atoms with Crippen molar-refractivity contribution < 1.29 is 9.53 Å². The van der Waals surface area contributed by atoms with Crippen LogP contribution in [0.4, 0.5) is 5.69 Å². The van der Waals surface area contributed by atoms with E-state index in [9.17, 15) is 9.59 Å². The van der Waals surface area contributed by atoms with Gasteiger partial charge >= 0.3 is 5.97 Å². The fourth-order valence-electron chi connectivity index (χ4n) is 1.56.